The summed E-state index contributed by atoms with van der Waals surface area (Å²) in [5, 5.41) is 0. The molecule has 1 unspecified atom stereocenters. The molecule has 0 bridgehead atoms. The maximum Gasteiger partial charge on any atom is 0.240 e. The standard InChI is InChI=1S/C13H20N2O2S2/c1-9-5-12(14)10(2)13(6-9)19(16,17)15-7-11-3-4-18-8-11/h5-6,11,15H,3-4,7-8,14H2,1-2H3. The zero-order valence-corrected chi connectivity index (χ0v) is 12.9. The Morgan fingerprint density at radius 3 is 2.79 bits per heavy atom. The number of anilines is 1. The van der Waals surface area contributed by atoms with Crippen molar-refractivity contribution in [3.05, 3.63) is 23.3 Å². The first-order valence-electron chi connectivity index (χ1n) is 6.34. The predicted molar refractivity (Wildman–Crippen MR) is 80.9 cm³/mol. The summed E-state index contributed by atoms with van der Waals surface area (Å²) < 4.78 is 27.4. The summed E-state index contributed by atoms with van der Waals surface area (Å²) in [6.07, 6.45) is 1.09. The van der Waals surface area contributed by atoms with Crippen LogP contribution in [0.2, 0.25) is 0 Å². The predicted octanol–water partition coefficient (Wildman–Crippen LogP) is 1.92. The third kappa shape index (κ3) is 3.43. The summed E-state index contributed by atoms with van der Waals surface area (Å²) in [6.45, 7) is 4.11. The van der Waals surface area contributed by atoms with Gasteiger partial charge in [0.25, 0.3) is 0 Å². The number of thioether (sulfide) groups is 1. The van der Waals surface area contributed by atoms with Crippen LogP contribution in [0.5, 0.6) is 0 Å². The third-order valence-electron chi connectivity index (χ3n) is 3.42. The van der Waals surface area contributed by atoms with E-state index < -0.39 is 10.0 Å². The highest BCUT2D eigenvalue weighted by Gasteiger charge is 2.22. The highest BCUT2D eigenvalue weighted by molar-refractivity contribution is 7.99. The van der Waals surface area contributed by atoms with Crippen molar-refractivity contribution in [1.82, 2.24) is 4.72 Å². The fourth-order valence-corrected chi connectivity index (χ4v) is 4.94. The zero-order chi connectivity index (χ0) is 14.0. The lowest BCUT2D eigenvalue weighted by Gasteiger charge is -2.14. The molecule has 0 amide bonds. The minimum absolute atomic E-state index is 0.302. The number of hydrogen-bond donors (Lipinski definition) is 2. The van der Waals surface area contributed by atoms with Gasteiger partial charge in [0, 0.05) is 12.2 Å². The van der Waals surface area contributed by atoms with Crippen LogP contribution in [0.15, 0.2) is 17.0 Å². The van der Waals surface area contributed by atoms with Crippen molar-refractivity contribution in [2.24, 2.45) is 5.92 Å². The van der Waals surface area contributed by atoms with Crippen LogP contribution in [0.25, 0.3) is 0 Å². The molecule has 0 aromatic heterocycles. The minimum Gasteiger partial charge on any atom is -0.398 e. The summed E-state index contributed by atoms with van der Waals surface area (Å²) in [6, 6.07) is 3.47. The van der Waals surface area contributed by atoms with E-state index in [1.807, 2.05) is 18.7 Å². The summed E-state index contributed by atoms with van der Waals surface area (Å²) in [7, 11) is -3.46. The monoisotopic (exact) mass is 300 g/mol. The van der Waals surface area contributed by atoms with E-state index in [0.717, 1.165) is 23.5 Å². The molecule has 1 fully saturated rings. The number of sulfonamides is 1. The van der Waals surface area contributed by atoms with Gasteiger partial charge >= 0.3 is 0 Å². The second kappa shape index (κ2) is 5.73. The van der Waals surface area contributed by atoms with Crippen LogP contribution in [0.4, 0.5) is 5.69 Å². The molecule has 1 saturated heterocycles. The lowest BCUT2D eigenvalue weighted by Crippen LogP contribution is -2.30. The molecule has 1 aromatic carbocycles. The molecule has 0 saturated carbocycles. The Balaban J connectivity index is 2.19. The van der Waals surface area contributed by atoms with E-state index in [1.54, 1.807) is 19.1 Å². The summed E-state index contributed by atoms with van der Waals surface area (Å²) in [5.74, 6) is 2.61. The van der Waals surface area contributed by atoms with Crippen molar-refractivity contribution in [2.45, 2.75) is 25.2 Å². The van der Waals surface area contributed by atoms with Gasteiger partial charge in [0.2, 0.25) is 10.0 Å². The average Bonchev–Trinajstić information content (AvgIpc) is 2.84. The number of benzene rings is 1. The van der Waals surface area contributed by atoms with Crippen LogP contribution in [-0.2, 0) is 10.0 Å². The molecule has 3 N–H and O–H groups in total. The SMILES string of the molecule is Cc1cc(N)c(C)c(S(=O)(=O)NCC2CCSC2)c1. The topological polar surface area (TPSA) is 72.2 Å². The van der Waals surface area contributed by atoms with Gasteiger partial charge in [-0.05, 0) is 61.0 Å². The molecule has 0 aliphatic carbocycles. The van der Waals surface area contributed by atoms with Crippen LogP contribution < -0.4 is 10.5 Å². The molecule has 1 aliphatic heterocycles. The number of hydrogen-bond acceptors (Lipinski definition) is 4. The Morgan fingerprint density at radius 1 is 1.42 bits per heavy atom. The van der Waals surface area contributed by atoms with E-state index in [-0.39, 0.29) is 0 Å². The van der Waals surface area contributed by atoms with Crippen LogP contribution >= 0.6 is 11.8 Å². The van der Waals surface area contributed by atoms with Gasteiger partial charge in [0.05, 0.1) is 4.90 Å². The van der Waals surface area contributed by atoms with E-state index >= 15 is 0 Å². The zero-order valence-electron chi connectivity index (χ0n) is 11.3. The average molecular weight is 300 g/mol. The largest absolute Gasteiger partial charge is 0.398 e. The van der Waals surface area contributed by atoms with Gasteiger partial charge in [-0.1, -0.05) is 0 Å². The molecule has 4 nitrogen and oxygen atoms in total. The van der Waals surface area contributed by atoms with Crippen molar-refractivity contribution in [3.63, 3.8) is 0 Å². The molecule has 19 heavy (non-hydrogen) atoms. The molecule has 0 spiro atoms. The van der Waals surface area contributed by atoms with Crippen molar-refractivity contribution in [2.75, 3.05) is 23.8 Å². The van der Waals surface area contributed by atoms with Crippen molar-refractivity contribution in [3.8, 4) is 0 Å². The summed E-state index contributed by atoms with van der Waals surface area (Å²) in [5.41, 5.74) is 7.85. The smallest absolute Gasteiger partial charge is 0.240 e. The molecule has 2 rings (SSSR count). The van der Waals surface area contributed by atoms with Crippen molar-refractivity contribution in [1.29, 1.82) is 0 Å². The molecule has 1 aliphatic rings. The van der Waals surface area contributed by atoms with Crippen LogP contribution in [0.3, 0.4) is 0 Å². The Labute approximate surface area is 119 Å². The maximum absolute atomic E-state index is 12.3. The van der Waals surface area contributed by atoms with E-state index in [4.69, 9.17) is 5.73 Å². The molecule has 1 heterocycles. The molecule has 106 valence electrons. The minimum atomic E-state index is -3.46. The van der Waals surface area contributed by atoms with E-state index in [1.165, 1.54) is 0 Å². The first kappa shape index (κ1) is 14.7. The highest BCUT2D eigenvalue weighted by atomic mass is 32.2. The Hall–Kier alpha value is -0.720. The van der Waals surface area contributed by atoms with Gasteiger partial charge in [0.15, 0.2) is 0 Å². The Morgan fingerprint density at radius 2 is 2.16 bits per heavy atom. The Kier molecular flexibility index (Phi) is 4.43. The van der Waals surface area contributed by atoms with Gasteiger partial charge in [-0.25, -0.2) is 13.1 Å². The molecular weight excluding hydrogens is 280 g/mol. The van der Waals surface area contributed by atoms with Crippen LogP contribution in [-0.4, -0.2) is 26.5 Å². The molecule has 1 aromatic rings. The van der Waals surface area contributed by atoms with Gasteiger partial charge in [-0.2, -0.15) is 11.8 Å². The van der Waals surface area contributed by atoms with Crippen LogP contribution in [0.1, 0.15) is 17.5 Å². The maximum atomic E-state index is 12.3. The van der Waals surface area contributed by atoms with Gasteiger partial charge in [0.1, 0.15) is 0 Å². The Bertz CT molecular complexity index is 564. The van der Waals surface area contributed by atoms with E-state index in [9.17, 15) is 8.42 Å². The second-order valence-electron chi connectivity index (χ2n) is 5.06. The first-order chi connectivity index (χ1) is 8.90. The third-order valence-corrected chi connectivity index (χ3v) is 6.20. The molecule has 0 radical (unpaired) electrons. The first-order valence-corrected chi connectivity index (χ1v) is 8.98. The van der Waals surface area contributed by atoms with E-state index in [0.29, 0.717) is 28.6 Å². The van der Waals surface area contributed by atoms with Gasteiger partial charge < -0.3 is 5.73 Å². The molecule has 6 heteroatoms. The van der Waals surface area contributed by atoms with Crippen LogP contribution in [0, 0.1) is 19.8 Å². The van der Waals surface area contributed by atoms with E-state index in [2.05, 4.69) is 4.72 Å². The van der Waals surface area contributed by atoms with Crippen molar-refractivity contribution < 1.29 is 8.42 Å². The lowest BCUT2D eigenvalue weighted by atomic mass is 10.1. The van der Waals surface area contributed by atoms with Crippen molar-refractivity contribution >= 4 is 27.5 Å². The molecular formula is C13H20N2O2S2. The number of nitrogens with one attached hydrogen (secondary N) is 1. The quantitative estimate of drug-likeness (QED) is 0.833. The number of nitrogens with two attached hydrogens (primary N) is 1. The second-order valence-corrected chi connectivity index (χ2v) is 7.94. The normalized spacial score (nSPS) is 19.8. The van der Waals surface area contributed by atoms with Gasteiger partial charge in [-0.3, -0.25) is 0 Å². The number of nitrogen functional groups attached to an aromatic ring is 1. The fraction of sp³-hybridized carbons (Fsp3) is 0.538. The van der Waals surface area contributed by atoms with Gasteiger partial charge in [-0.15, -0.1) is 0 Å². The number of aryl methyl sites for hydroxylation is 1. The summed E-state index contributed by atoms with van der Waals surface area (Å²) in [4.78, 5) is 0.302. The molecule has 1 atom stereocenters. The summed E-state index contributed by atoms with van der Waals surface area (Å²) >= 11 is 1.88. The highest BCUT2D eigenvalue weighted by Crippen LogP contribution is 2.25. The number of rotatable bonds is 4. The lowest BCUT2D eigenvalue weighted by molar-refractivity contribution is 0.545. The fourth-order valence-electron chi connectivity index (χ4n) is 2.18.